The molecule has 0 atom stereocenters. The van der Waals surface area contributed by atoms with E-state index in [-0.39, 0.29) is 23.8 Å². The second-order valence-corrected chi connectivity index (χ2v) is 6.92. The number of aryl methyl sites for hydroxylation is 2. The molecule has 1 aliphatic carbocycles. The lowest BCUT2D eigenvalue weighted by atomic mass is 9.97. The molecule has 27 heavy (non-hydrogen) atoms. The number of aromatic nitrogens is 3. The Hall–Kier alpha value is -2.96. The molecule has 7 heteroatoms. The first-order valence-electron chi connectivity index (χ1n) is 9.22. The van der Waals surface area contributed by atoms with Crippen LogP contribution in [0, 0.1) is 5.82 Å². The van der Waals surface area contributed by atoms with Gasteiger partial charge in [-0.05, 0) is 61.4 Å². The molecule has 1 amide bonds. The van der Waals surface area contributed by atoms with Crippen LogP contribution >= 0.6 is 0 Å². The Morgan fingerprint density at radius 2 is 2.11 bits per heavy atom. The molecule has 0 spiro atoms. The number of rotatable bonds is 5. The summed E-state index contributed by atoms with van der Waals surface area (Å²) in [6, 6.07) is 6.20. The van der Waals surface area contributed by atoms with Crippen molar-refractivity contribution in [2.75, 3.05) is 6.54 Å². The zero-order valence-electron chi connectivity index (χ0n) is 14.9. The minimum absolute atomic E-state index is 0.0887. The zero-order chi connectivity index (χ0) is 18.8. The number of H-pyrrole nitrogens is 1. The smallest absolute Gasteiger partial charge is 0.267 e. The highest BCUT2D eigenvalue weighted by Gasteiger charge is 2.14. The summed E-state index contributed by atoms with van der Waals surface area (Å²) in [5.74, 6) is -0.545. The number of aromatic amines is 1. The number of fused-ring (bicyclic) bond motifs is 2. The van der Waals surface area contributed by atoms with E-state index in [2.05, 4.69) is 15.4 Å². The topological polar surface area (TPSA) is 79.8 Å². The lowest BCUT2D eigenvalue weighted by molar-refractivity contribution is -0.121. The second kappa shape index (κ2) is 7.34. The molecule has 2 aromatic heterocycles. The molecule has 6 nitrogen and oxygen atoms in total. The van der Waals surface area contributed by atoms with Gasteiger partial charge in [-0.1, -0.05) is 0 Å². The predicted molar refractivity (Wildman–Crippen MR) is 100 cm³/mol. The Labute approximate surface area is 155 Å². The largest absolute Gasteiger partial charge is 0.361 e. The molecule has 1 aliphatic rings. The van der Waals surface area contributed by atoms with Gasteiger partial charge in [0.25, 0.3) is 5.56 Å². The Kier molecular flexibility index (Phi) is 4.75. The highest BCUT2D eigenvalue weighted by atomic mass is 19.1. The van der Waals surface area contributed by atoms with Gasteiger partial charge >= 0.3 is 0 Å². The number of carbonyl (C=O) groups is 1. The summed E-state index contributed by atoms with van der Waals surface area (Å²) in [4.78, 5) is 27.4. The van der Waals surface area contributed by atoms with Crippen LogP contribution in [0.15, 0.2) is 35.3 Å². The molecule has 0 radical (unpaired) electrons. The van der Waals surface area contributed by atoms with Crippen molar-refractivity contribution < 1.29 is 9.18 Å². The quantitative estimate of drug-likeness (QED) is 0.724. The third-order valence-electron chi connectivity index (χ3n) is 5.01. The molecule has 0 unspecified atom stereocenters. The van der Waals surface area contributed by atoms with Gasteiger partial charge in [0.1, 0.15) is 12.4 Å². The Morgan fingerprint density at radius 1 is 1.26 bits per heavy atom. The van der Waals surface area contributed by atoms with Gasteiger partial charge in [-0.2, -0.15) is 5.10 Å². The van der Waals surface area contributed by atoms with Crippen molar-refractivity contribution in [1.29, 1.82) is 0 Å². The van der Waals surface area contributed by atoms with Crippen LogP contribution in [0.4, 0.5) is 4.39 Å². The summed E-state index contributed by atoms with van der Waals surface area (Å²) in [6.07, 6.45) is 6.28. The summed E-state index contributed by atoms with van der Waals surface area (Å²) in [7, 11) is 0. The predicted octanol–water partition coefficient (Wildman–Crippen LogP) is 2.10. The molecule has 1 aromatic carbocycles. The molecule has 3 aromatic rings. The third kappa shape index (κ3) is 3.77. The maximum absolute atomic E-state index is 13.4. The van der Waals surface area contributed by atoms with Gasteiger partial charge in [-0.25, -0.2) is 9.07 Å². The highest BCUT2D eigenvalue weighted by Crippen LogP contribution is 2.19. The molecule has 0 saturated carbocycles. The van der Waals surface area contributed by atoms with Crippen LogP contribution in [-0.4, -0.2) is 27.2 Å². The van der Waals surface area contributed by atoms with Crippen LogP contribution in [0.2, 0.25) is 0 Å². The molecule has 0 fully saturated rings. The van der Waals surface area contributed by atoms with Gasteiger partial charge in [0.05, 0.1) is 5.69 Å². The fourth-order valence-electron chi connectivity index (χ4n) is 3.60. The standard InChI is InChI=1S/C20H21FN4O2/c21-15-5-6-18-16(10-15)14(11-23-18)7-8-22-19(26)12-25-20(27)9-13-3-1-2-4-17(13)24-25/h5-6,9-11,23H,1-4,7-8,12H2,(H,22,26). The minimum Gasteiger partial charge on any atom is -0.361 e. The van der Waals surface area contributed by atoms with Crippen molar-refractivity contribution in [2.24, 2.45) is 0 Å². The third-order valence-corrected chi connectivity index (χ3v) is 5.01. The van der Waals surface area contributed by atoms with Crippen molar-refractivity contribution in [3.8, 4) is 0 Å². The fourth-order valence-corrected chi connectivity index (χ4v) is 3.60. The van der Waals surface area contributed by atoms with E-state index in [1.165, 1.54) is 16.8 Å². The summed E-state index contributed by atoms with van der Waals surface area (Å²) in [5.41, 5.74) is 3.50. The van der Waals surface area contributed by atoms with Crippen molar-refractivity contribution >= 4 is 16.8 Å². The molecule has 2 heterocycles. The van der Waals surface area contributed by atoms with E-state index in [0.717, 1.165) is 53.4 Å². The summed E-state index contributed by atoms with van der Waals surface area (Å²) < 4.78 is 14.7. The van der Waals surface area contributed by atoms with E-state index in [9.17, 15) is 14.0 Å². The molecule has 0 saturated heterocycles. The monoisotopic (exact) mass is 368 g/mol. The Balaban J connectivity index is 1.37. The van der Waals surface area contributed by atoms with Gasteiger partial charge in [0.15, 0.2) is 0 Å². The normalized spacial score (nSPS) is 13.5. The first kappa shape index (κ1) is 17.5. The lowest BCUT2D eigenvalue weighted by Crippen LogP contribution is -2.35. The Bertz CT molecular complexity index is 1050. The summed E-state index contributed by atoms with van der Waals surface area (Å²) in [5, 5.41) is 7.98. The number of benzene rings is 1. The number of amides is 1. The van der Waals surface area contributed by atoms with Crippen molar-refractivity contribution in [2.45, 2.75) is 38.6 Å². The number of nitrogens with zero attached hydrogens (tertiary/aromatic N) is 2. The number of hydrogen-bond donors (Lipinski definition) is 2. The first-order valence-corrected chi connectivity index (χ1v) is 9.22. The number of nitrogens with one attached hydrogen (secondary N) is 2. The fraction of sp³-hybridized carbons (Fsp3) is 0.350. The minimum atomic E-state index is -0.287. The number of hydrogen-bond acceptors (Lipinski definition) is 3. The van der Waals surface area contributed by atoms with Gasteiger partial charge < -0.3 is 10.3 Å². The van der Waals surface area contributed by atoms with Crippen molar-refractivity contribution in [3.63, 3.8) is 0 Å². The number of carbonyl (C=O) groups excluding carboxylic acids is 1. The zero-order valence-corrected chi connectivity index (χ0v) is 14.9. The maximum atomic E-state index is 13.4. The van der Waals surface area contributed by atoms with E-state index in [0.29, 0.717) is 13.0 Å². The molecule has 0 aliphatic heterocycles. The van der Waals surface area contributed by atoms with E-state index in [1.54, 1.807) is 12.1 Å². The lowest BCUT2D eigenvalue weighted by Gasteiger charge is -2.15. The van der Waals surface area contributed by atoms with Crippen molar-refractivity contribution in [3.05, 3.63) is 63.5 Å². The summed E-state index contributed by atoms with van der Waals surface area (Å²) >= 11 is 0. The van der Waals surface area contributed by atoms with Gasteiger partial charge in [-0.15, -0.1) is 0 Å². The van der Waals surface area contributed by atoms with Crippen LogP contribution in [0.25, 0.3) is 10.9 Å². The molecule has 0 bridgehead atoms. The van der Waals surface area contributed by atoms with Crippen LogP contribution in [0.5, 0.6) is 0 Å². The van der Waals surface area contributed by atoms with Crippen LogP contribution in [0.1, 0.15) is 29.7 Å². The van der Waals surface area contributed by atoms with Crippen LogP contribution in [-0.2, 0) is 30.6 Å². The number of halogens is 1. The van der Waals surface area contributed by atoms with E-state index in [4.69, 9.17) is 0 Å². The van der Waals surface area contributed by atoms with Gasteiger partial charge in [0, 0.05) is 29.7 Å². The molecule has 2 N–H and O–H groups in total. The van der Waals surface area contributed by atoms with Crippen LogP contribution in [0.3, 0.4) is 0 Å². The maximum Gasteiger partial charge on any atom is 0.267 e. The van der Waals surface area contributed by atoms with E-state index < -0.39 is 0 Å². The average Bonchev–Trinajstić information content (AvgIpc) is 3.04. The molecule has 140 valence electrons. The Morgan fingerprint density at radius 3 is 3.00 bits per heavy atom. The van der Waals surface area contributed by atoms with Crippen LogP contribution < -0.4 is 10.9 Å². The van der Waals surface area contributed by atoms with Gasteiger partial charge in [0.2, 0.25) is 5.91 Å². The van der Waals surface area contributed by atoms with E-state index >= 15 is 0 Å². The molecular weight excluding hydrogens is 347 g/mol. The SMILES string of the molecule is O=C(Cn1nc2c(cc1=O)CCCC2)NCCc1c[nH]c2ccc(F)cc12. The second-order valence-electron chi connectivity index (χ2n) is 6.92. The highest BCUT2D eigenvalue weighted by molar-refractivity contribution is 5.83. The molecular formula is C20H21FN4O2. The van der Waals surface area contributed by atoms with Crippen molar-refractivity contribution in [1.82, 2.24) is 20.1 Å². The van der Waals surface area contributed by atoms with E-state index in [1.807, 2.05) is 6.20 Å². The molecule has 4 rings (SSSR count). The average molecular weight is 368 g/mol. The summed E-state index contributed by atoms with van der Waals surface area (Å²) in [6.45, 7) is 0.316. The van der Waals surface area contributed by atoms with Gasteiger partial charge in [-0.3, -0.25) is 9.59 Å². The first-order chi connectivity index (χ1) is 13.1.